The van der Waals surface area contributed by atoms with E-state index in [1.54, 1.807) is 18.3 Å². The zero-order chi connectivity index (χ0) is 9.97. The molecule has 0 amide bonds. The lowest BCUT2D eigenvalue weighted by Crippen LogP contribution is -1.91. The second-order valence-corrected chi connectivity index (χ2v) is 2.78. The molecule has 0 atom stereocenters. The lowest BCUT2D eigenvalue weighted by molar-refractivity contribution is 0.413. The Balaban J connectivity index is 2.61. The quantitative estimate of drug-likeness (QED) is 0.792. The third-order valence-electron chi connectivity index (χ3n) is 1.96. The maximum atomic E-state index is 13.5. The minimum atomic E-state index is -0.325. The van der Waals surface area contributed by atoms with Gasteiger partial charge in [-0.3, -0.25) is 0 Å². The number of H-pyrrole nitrogens is 1. The molecular weight excluding hydrogens is 183 g/mol. The van der Waals surface area contributed by atoms with Gasteiger partial charge in [0.25, 0.3) is 0 Å². The van der Waals surface area contributed by atoms with E-state index in [2.05, 4.69) is 9.97 Å². The fourth-order valence-electron chi connectivity index (χ4n) is 1.33. The largest absolute Gasteiger partial charge is 0.496 e. The van der Waals surface area contributed by atoms with E-state index >= 15 is 0 Å². The summed E-state index contributed by atoms with van der Waals surface area (Å²) in [4.78, 5) is 6.68. The monoisotopic (exact) mass is 192 g/mol. The van der Waals surface area contributed by atoms with Gasteiger partial charge in [0, 0.05) is 0 Å². The molecule has 1 N–H and O–H groups in total. The van der Waals surface area contributed by atoms with Crippen molar-refractivity contribution in [3.63, 3.8) is 0 Å². The van der Waals surface area contributed by atoms with Crippen LogP contribution in [0.4, 0.5) is 4.39 Å². The Labute approximate surface area is 80.6 Å². The highest BCUT2D eigenvalue weighted by Gasteiger charge is 2.11. The van der Waals surface area contributed by atoms with Crippen LogP contribution in [-0.2, 0) is 0 Å². The van der Waals surface area contributed by atoms with Crippen LogP contribution in [0.2, 0.25) is 0 Å². The van der Waals surface area contributed by atoms with Crippen LogP contribution in [0.25, 0.3) is 11.3 Å². The second-order valence-electron chi connectivity index (χ2n) is 2.78. The molecule has 0 spiro atoms. The fourth-order valence-corrected chi connectivity index (χ4v) is 1.33. The summed E-state index contributed by atoms with van der Waals surface area (Å²) in [6.07, 6.45) is 3.06. The molecule has 1 aromatic heterocycles. The topological polar surface area (TPSA) is 37.9 Å². The van der Waals surface area contributed by atoms with Crippen molar-refractivity contribution in [3.8, 4) is 17.0 Å². The zero-order valence-corrected chi connectivity index (χ0v) is 7.62. The van der Waals surface area contributed by atoms with Gasteiger partial charge in [0.1, 0.15) is 11.6 Å². The van der Waals surface area contributed by atoms with Crippen molar-refractivity contribution >= 4 is 0 Å². The van der Waals surface area contributed by atoms with Crippen LogP contribution in [-0.4, -0.2) is 17.1 Å². The molecule has 0 aliphatic carbocycles. The van der Waals surface area contributed by atoms with E-state index in [4.69, 9.17) is 4.74 Å². The van der Waals surface area contributed by atoms with Crippen molar-refractivity contribution in [3.05, 3.63) is 36.5 Å². The fraction of sp³-hybridized carbons (Fsp3) is 0.100. The van der Waals surface area contributed by atoms with Crippen LogP contribution < -0.4 is 4.74 Å². The molecule has 1 aromatic carbocycles. The van der Waals surface area contributed by atoms with E-state index in [9.17, 15) is 4.39 Å². The summed E-state index contributed by atoms with van der Waals surface area (Å²) in [6.45, 7) is 0. The first kappa shape index (κ1) is 8.74. The molecule has 14 heavy (non-hydrogen) atoms. The third kappa shape index (κ3) is 1.35. The number of hydrogen-bond acceptors (Lipinski definition) is 2. The average Bonchev–Trinajstić information content (AvgIpc) is 2.70. The first-order valence-electron chi connectivity index (χ1n) is 4.14. The number of halogens is 1. The Kier molecular flexibility index (Phi) is 2.18. The van der Waals surface area contributed by atoms with Crippen molar-refractivity contribution in [1.82, 2.24) is 9.97 Å². The minimum Gasteiger partial charge on any atom is -0.496 e. The van der Waals surface area contributed by atoms with Crippen molar-refractivity contribution in [2.24, 2.45) is 0 Å². The Morgan fingerprint density at radius 1 is 1.43 bits per heavy atom. The molecule has 0 saturated heterocycles. The summed E-state index contributed by atoms with van der Waals surface area (Å²) in [5.41, 5.74) is 1.02. The number of methoxy groups -OCH3 is 1. The maximum Gasteiger partial charge on any atom is 0.136 e. The zero-order valence-electron chi connectivity index (χ0n) is 7.62. The second kappa shape index (κ2) is 3.49. The van der Waals surface area contributed by atoms with Crippen LogP contribution in [0, 0.1) is 5.82 Å². The summed E-state index contributed by atoms with van der Waals surface area (Å²) >= 11 is 0. The lowest BCUT2D eigenvalue weighted by Gasteiger charge is -2.06. The van der Waals surface area contributed by atoms with Gasteiger partial charge in [0.2, 0.25) is 0 Å². The predicted molar refractivity (Wildman–Crippen MR) is 50.5 cm³/mol. The summed E-state index contributed by atoms with van der Waals surface area (Å²) in [5.74, 6) is 0.169. The molecule has 0 aliphatic rings. The van der Waals surface area contributed by atoms with Crippen LogP contribution in [0.1, 0.15) is 0 Å². The van der Waals surface area contributed by atoms with Crippen molar-refractivity contribution in [1.29, 1.82) is 0 Å². The van der Waals surface area contributed by atoms with Gasteiger partial charge >= 0.3 is 0 Å². The molecule has 0 aliphatic heterocycles. The summed E-state index contributed by atoms with van der Waals surface area (Å²) < 4.78 is 18.5. The molecule has 2 aromatic rings. The summed E-state index contributed by atoms with van der Waals surface area (Å²) in [5, 5.41) is 0. The highest BCUT2D eigenvalue weighted by atomic mass is 19.1. The van der Waals surface area contributed by atoms with Crippen molar-refractivity contribution < 1.29 is 9.13 Å². The Morgan fingerprint density at radius 2 is 2.29 bits per heavy atom. The Morgan fingerprint density at radius 3 is 2.93 bits per heavy atom. The first-order chi connectivity index (χ1) is 6.83. The van der Waals surface area contributed by atoms with E-state index in [0.717, 1.165) is 0 Å². The van der Waals surface area contributed by atoms with Crippen LogP contribution in [0.5, 0.6) is 5.75 Å². The molecule has 1 heterocycles. The number of hydrogen-bond donors (Lipinski definition) is 1. The van der Waals surface area contributed by atoms with Crippen LogP contribution in [0.15, 0.2) is 30.7 Å². The standard InChI is InChI=1S/C10H9FN2O/c1-14-9-4-2-3-7(11)10(9)8-5-12-6-13-8/h2-6H,1H3,(H,12,13). The molecule has 0 fully saturated rings. The molecule has 2 rings (SSSR count). The SMILES string of the molecule is COc1cccc(F)c1-c1cnc[nH]1. The molecular formula is C10H9FN2O. The lowest BCUT2D eigenvalue weighted by atomic mass is 10.1. The van der Waals surface area contributed by atoms with Crippen molar-refractivity contribution in [2.45, 2.75) is 0 Å². The normalized spacial score (nSPS) is 10.1. The van der Waals surface area contributed by atoms with E-state index in [0.29, 0.717) is 17.0 Å². The summed E-state index contributed by atoms with van der Waals surface area (Å²) in [6, 6.07) is 4.70. The van der Waals surface area contributed by atoms with E-state index in [1.807, 2.05) is 0 Å². The number of nitrogens with zero attached hydrogens (tertiary/aromatic N) is 1. The number of aromatic amines is 1. The molecule has 4 heteroatoms. The summed E-state index contributed by atoms with van der Waals surface area (Å²) in [7, 11) is 1.51. The highest BCUT2D eigenvalue weighted by Crippen LogP contribution is 2.30. The smallest absolute Gasteiger partial charge is 0.136 e. The van der Waals surface area contributed by atoms with Gasteiger partial charge < -0.3 is 9.72 Å². The van der Waals surface area contributed by atoms with E-state index in [-0.39, 0.29) is 5.82 Å². The third-order valence-corrected chi connectivity index (χ3v) is 1.96. The number of nitrogens with one attached hydrogen (secondary N) is 1. The number of imidazole rings is 1. The minimum absolute atomic E-state index is 0.325. The van der Waals surface area contributed by atoms with E-state index in [1.165, 1.54) is 19.5 Å². The first-order valence-corrected chi connectivity index (χ1v) is 4.14. The molecule has 0 bridgehead atoms. The average molecular weight is 192 g/mol. The van der Waals surface area contributed by atoms with Gasteiger partial charge in [-0.1, -0.05) is 6.07 Å². The molecule has 3 nitrogen and oxygen atoms in total. The van der Waals surface area contributed by atoms with Gasteiger partial charge in [-0.15, -0.1) is 0 Å². The molecule has 0 unspecified atom stereocenters. The van der Waals surface area contributed by atoms with Crippen LogP contribution >= 0.6 is 0 Å². The van der Waals surface area contributed by atoms with Crippen LogP contribution in [0.3, 0.4) is 0 Å². The number of ether oxygens (including phenoxy) is 1. The predicted octanol–water partition coefficient (Wildman–Crippen LogP) is 2.22. The molecule has 0 saturated carbocycles. The van der Waals surface area contributed by atoms with Gasteiger partial charge in [0.05, 0.1) is 30.9 Å². The Bertz CT molecular complexity index is 426. The van der Waals surface area contributed by atoms with Crippen molar-refractivity contribution in [2.75, 3.05) is 7.11 Å². The Hall–Kier alpha value is -1.84. The number of aromatic nitrogens is 2. The van der Waals surface area contributed by atoms with Gasteiger partial charge in [-0.25, -0.2) is 9.37 Å². The molecule has 72 valence electrons. The van der Waals surface area contributed by atoms with Gasteiger partial charge in [-0.2, -0.15) is 0 Å². The highest BCUT2D eigenvalue weighted by molar-refractivity contribution is 5.67. The number of benzene rings is 1. The van der Waals surface area contributed by atoms with Gasteiger partial charge in [-0.05, 0) is 12.1 Å². The molecule has 0 radical (unpaired) electrons. The van der Waals surface area contributed by atoms with E-state index < -0.39 is 0 Å². The number of rotatable bonds is 2. The van der Waals surface area contributed by atoms with Gasteiger partial charge in [0.15, 0.2) is 0 Å². The maximum absolute atomic E-state index is 13.5.